The van der Waals surface area contributed by atoms with E-state index in [-0.39, 0.29) is 0 Å². The van der Waals surface area contributed by atoms with E-state index in [4.69, 9.17) is 9.84 Å². The van der Waals surface area contributed by atoms with Crippen LogP contribution in [0.3, 0.4) is 0 Å². The molecule has 3 nitrogen and oxygen atoms in total. The molecule has 0 rings (SSSR count). The van der Waals surface area contributed by atoms with Crippen molar-refractivity contribution in [3.63, 3.8) is 0 Å². The van der Waals surface area contributed by atoms with E-state index in [1.165, 1.54) is 84.0 Å². The Bertz CT molecular complexity index is 297. The third kappa shape index (κ3) is 17.5. The summed E-state index contributed by atoms with van der Waals surface area (Å²) in [5.41, 5.74) is 0. The molecular weight excluding hydrogens is 300 g/mol. The van der Waals surface area contributed by atoms with Crippen LogP contribution in [0, 0.1) is 0 Å². The van der Waals surface area contributed by atoms with Crippen molar-refractivity contribution < 1.29 is 14.6 Å². The van der Waals surface area contributed by atoms with Crippen LogP contribution in [0.25, 0.3) is 0 Å². The van der Waals surface area contributed by atoms with E-state index in [0.29, 0.717) is 6.61 Å². The molecule has 0 aliphatic carbocycles. The average Bonchev–Trinajstić information content (AvgIpc) is 2.57. The van der Waals surface area contributed by atoms with Gasteiger partial charge in [0, 0.05) is 0 Å². The van der Waals surface area contributed by atoms with Gasteiger partial charge in [-0.2, -0.15) is 0 Å². The molecule has 0 saturated heterocycles. The SMILES string of the molecule is CCCCCCCCC=CCCCCCCCCOC(=O)C(C)O. The molecular formula is C21H40O3. The summed E-state index contributed by atoms with van der Waals surface area (Å²) in [7, 11) is 0. The van der Waals surface area contributed by atoms with Crippen molar-refractivity contribution in [2.24, 2.45) is 0 Å². The van der Waals surface area contributed by atoms with Crippen LogP contribution >= 0.6 is 0 Å². The summed E-state index contributed by atoms with van der Waals surface area (Å²) < 4.78 is 4.92. The minimum Gasteiger partial charge on any atom is -0.464 e. The molecule has 1 unspecified atom stereocenters. The second-order valence-corrected chi connectivity index (χ2v) is 6.78. The number of esters is 1. The first-order valence-electron chi connectivity index (χ1n) is 10.2. The highest BCUT2D eigenvalue weighted by Gasteiger charge is 2.08. The zero-order valence-corrected chi connectivity index (χ0v) is 16.1. The molecule has 0 amide bonds. The van der Waals surface area contributed by atoms with Crippen molar-refractivity contribution in [3.05, 3.63) is 12.2 Å². The molecule has 24 heavy (non-hydrogen) atoms. The van der Waals surface area contributed by atoms with Gasteiger partial charge in [0.2, 0.25) is 0 Å². The van der Waals surface area contributed by atoms with Crippen LogP contribution < -0.4 is 0 Å². The van der Waals surface area contributed by atoms with Gasteiger partial charge in [-0.05, 0) is 39.0 Å². The number of aliphatic hydroxyl groups is 1. The normalized spacial score (nSPS) is 12.6. The minimum absolute atomic E-state index is 0.435. The van der Waals surface area contributed by atoms with Gasteiger partial charge < -0.3 is 9.84 Å². The monoisotopic (exact) mass is 340 g/mol. The van der Waals surface area contributed by atoms with Crippen LogP contribution in [-0.4, -0.2) is 23.8 Å². The summed E-state index contributed by atoms with van der Waals surface area (Å²) in [6.07, 6.45) is 21.5. The number of rotatable bonds is 17. The summed E-state index contributed by atoms with van der Waals surface area (Å²) >= 11 is 0. The van der Waals surface area contributed by atoms with Crippen LogP contribution in [0.15, 0.2) is 12.2 Å². The molecule has 1 atom stereocenters. The summed E-state index contributed by atoms with van der Waals surface area (Å²) in [4.78, 5) is 11.0. The summed E-state index contributed by atoms with van der Waals surface area (Å²) in [5, 5.41) is 8.98. The van der Waals surface area contributed by atoms with E-state index >= 15 is 0 Å². The molecule has 0 aromatic carbocycles. The van der Waals surface area contributed by atoms with Gasteiger partial charge in [-0.15, -0.1) is 0 Å². The highest BCUT2D eigenvalue weighted by molar-refractivity contribution is 5.73. The molecule has 3 heteroatoms. The van der Waals surface area contributed by atoms with E-state index in [9.17, 15) is 4.79 Å². The average molecular weight is 341 g/mol. The van der Waals surface area contributed by atoms with Gasteiger partial charge in [-0.3, -0.25) is 0 Å². The smallest absolute Gasteiger partial charge is 0.334 e. The van der Waals surface area contributed by atoms with Gasteiger partial charge >= 0.3 is 5.97 Å². The summed E-state index contributed by atoms with van der Waals surface area (Å²) in [6, 6.07) is 0. The first kappa shape index (κ1) is 23.2. The number of hydrogen-bond donors (Lipinski definition) is 1. The quantitative estimate of drug-likeness (QED) is 0.202. The Balaban J connectivity index is 3.14. The van der Waals surface area contributed by atoms with E-state index in [1.54, 1.807) is 0 Å². The molecule has 1 N–H and O–H groups in total. The van der Waals surface area contributed by atoms with Gasteiger partial charge in [0.15, 0.2) is 0 Å². The Labute approximate surface area is 149 Å². The van der Waals surface area contributed by atoms with Gasteiger partial charge in [0.1, 0.15) is 6.10 Å². The molecule has 0 aliphatic rings. The largest absolute Gasteiger partial charge is 0.464 e. The molecule has 0 aromatic heterocycles. The van der Waals surface area contributed by atoms with Gasteiger partial charge in [-0.25, -0.2) is 4.79 Å². The molecule has 0 fully saturated rings. The lowest BCUT2D eigenvalue weighted by Crippen LogP contribution is -2.19. The van der Waals surface area contributed by atoms with E-state index in [0.717, 1.165) is 12.8 Å². The molecule has 142 valence electrons. The zero-order chi connectivity index (χ0) is 17.9. The fraction of sp³-hybridized carbons (Fsp3) is 0.857. The number of allylic oxidation sites excluding steroid dienone is 2. The first-order chi connectivity index (χ1) is 11.7. The Morgan fingerprint density at radius 2 is 1.29 bits per heavy atom. The van der Waals surface area contributed by atoms with Crippen LogP contribution in [0.1, 0.15) is 104 Å². The lowest BCUT2D eigenvalue weighted by molar-refractivity contribution is -0.152. The molecule has 0 radical (unpaired) electrons. The molecule has 0 saturated carbocycles. The first-order valence-corrected chi connectivity index (χ1v) is 10.2. The number of aliphatic hydroxyl groups excluding tert-OH is 1. The highest BCUT2D eigenvalue weighted by atomic mass is 16.5. The number of carbonyl (C=O) groups excluding carboxylic acids is 1. The van der Waals surface area contributed by atoms with Gasteiger partial charge in [0.25, 0.3) is 0 Å². The third-order valence-electron chi connectivity index (χ3n) is 4.24. The Hall–Kier alpha value is -0.830. The second kappa shape index (κ2) is 18.5. The van der Waals surface area contributed by atoms with E-state index < -0.39 is 12.1 Å². The highest BCUT2D eigenvalue weighted by Crippen LogP contribution is 2.10. The Morgan fingerprint density at radius 3 is 1.79 bits per heavy atom. The zero-order valence-electron chi connectivity index (χ0n) is 16.1. The standard InChI is InChI=1S/C21H40O3/c1-3-4-5-6-7-8-9-10-11-12-13-14-15-16-17-18-19-24-21(23)20(2)22/h10-11,20,22H,3-9,12-19H2,1-2H3. The number of hydrogen-bond acceptors (Lipinski definition) is 3. The summed E-state index contributed by atoms with van der Waals surface area (Å²) in [6.45, 7) is 4.13. The predicted octanol–water partition coefficient (Wildman–Crippen LogP) is 5.95. The molecule has 0 bridgehead atoms. The van der Waals surface area contributed by atoms with Crippen molar-refractivity contribution in [1.82, 2.24) is 0 Å². The number of unbranched alkanes of at least 4 members (excludes halogenated alkanes) is 12. The molecule has 0 spiro atoms. The topological polar surface area (TPSA) is 46.5 Å². The third-order valence-corrected chi connectivity index (χ3v) is 4.24. The maximum Gasteiger partial charge on any atom is 0.334 e. The van der Waals surface area contributed by atoms with E-state index in [2.05, 4.69) is 19.1 Å². The fourth-order valence-electron chi connectivity index (χ4n) is 2.64. The summed E-state index contributed by atoms with van der Waals surface area (Å²) in [5.74, 6) is -0.511. The van der Waals surface area contributed by atoms with Crippen molar-refractivity contribution in [1.29, 1.82) is 0 Å². The predicted molar refractivity (Wildman–Crippen MR) is 102 cm³/mol. The lowest BCUT2D eigenvalue weighted by Gasteiger charge is -2.06. The molecule has 0 aliphatic heterocycles. The minimum atomic E-state index is -1.00. The second-order valence-electron chi connectivity index (χ2n) is 6.78. The van der Waals surface area contributed by atoms with Gasteiger partial charge in [0.05, 0.1) is 6.61 Å². The molecule has 0 heterocycles. The number of carbonyl (C=O) groups is 1. The van der Waals surface area contributed by atoms with Crippen LogP contribution in [0.4, 0.5) is 0 Å². The maximum absolute atomic E-state index is 11.0. The maximum atomic E-state index is 11.0. The number of ether oxygens (including phenoxy) is 1. The van der Waals surface area contributed by atoms with Crippen molar-refractivity contribution in [2.75, 3.05) is 6.61 Å². The molecule has 0 aromatic rings. The lowest BCUT2D eigenvalue weighted by atomic mass is 10.1. The van der Waals surface area contributed by atoms with Crippen molar-refractivity contribution in [2.45, 2.75) is 110 Å². The van der Waals surface area contributed by atoms with Crippen molar-refractivity contribution in [3.8, 4) is 0 Å². The van der Waals surface area contributed by atoms with Gasteiger partial charge in [-0.1, -0.05) is 76.9 Å². The van der Waals surface area contributed by atoms with Crippen LogP contribution in [0.2, 0.25) is 0 Å². The van der Waals surface area contributed by atoms with Crippen molar-refractivity contribution >= 4 is 5.97 Å². The van der Waals surface area contributed by atoms with E-state index in [1.807, 2.05) is 0 Å². The van der Waals surface area contributed by atoms with Crippen LogP contribution in [0.5, 0.6) is 0 Å². The Morgan fingerprint density at radius 1 is 0.833 bits per heavy atom. The Kier molecular flexibility index (Phi) is 17.9. The van der Waals surface area contributed by atoms with Crippen LogP contribution in [-0.2, 0) is 9.53 Å². The fourth-order valence-corrected chi connectivity index (χ4v) is 2.64.